The molecule has 1 unspecified atom stereocenters. The minimum Gasteiger partial charge on any atom is -0.316 e. The lowest BCUT2D eigenvalue weighted by Crippen LogP contribution is -2.27. The van der Waals surface area contributed by atoms with Crippen molar-refractivity contribution in [2.75, 3.05) is 0 Å². The lowest BCUT2D eigenvalue weighted by molar-refractivity contribution is 0.0891. The molecule has 1 aliphatic rings. The van der Waals surface area contributed by atoms with Crippen LogP contribution in [0.25, 0.3) is 0 Å². The van der Waals surface area contributed by atoms with Gasteiger partial charge in [-0.15, -0.1) is 0 Å². The third-order valence-electron chi connectivity index (χ3n) is 2.46. The Bertz CT molecular complexity index is 394. The highest BCUT2D eigenvalue weighted by molar-refractivity contribution is 6.42. The van der Waals surface area contributed by atoms with E-state index >= 15 is 0 Å². The smallest absolute Gasteiger partial charge is 0.272 e. The van der Waals surface area contributed by atoms with E-state index in [9.17, 15) is 8.78 Å². The molecule has 76 valence electrons. The van der Waals surface area contributed by atoms with Crippen molar-refractivity contribution in [2.45, 2.75) is 17.9 Å². The van der Waals surface area contributed by atoms with Crippen molar-refractivity contribution in [2.24, 2.45) is 5.73 Å². The maximum Gasteiger partial charge on any atom is 0.272 e. The normalized spacial score (nSPS) is 28.9. The molecule has 1 aromatic rings. The second-order valence-electron chi connectivity index (χ2n) is 3.48. The van der Waals surface area contributed by atoms with Gasteiger partial charge in [-0.25, -0.2) is 8.78 Å². The van der Waals surface area contributed by atoms with Crippen molar-refractivity contribution in [1.29, 1.82) is 0 Å². The third-order valence-corrected chi connectivity index (χ3v) is 3.20. The minimum absolute atomic E-state index is 0.247. The van der Waals surface area contributed by atoms with Crippen LogP contribution in [0.1, 0.15) is 12.0 Å². The van der Waals surface area contributed by atoms with E-state index in [-0.39, 0.29) is 11.4 Å². The fourth-order valence-electron chi connectivity index (χ4n) is 1.39. The molecule has 2 N–H and O–H groups in total. The molecule has 2 rings (SSSR count). The summed E-state index contributed by atoms with van der Waals surface area (Å²) in [6.45, 7) is 0. The Morgan fingerprint density at radius 2 is 1.79 bits per heavy atom. The highest BCUT2D eigenvalue weighted by Crippen LogP contribution is 2.57. The highest BCUT2D eigenvalue weighted by atomic mass is 35.5. The third kappa shape index (κ3) is 1.31. The van der Waals surface area contributed by atoms with E-state index in [1.54, 1.807) is 0 Å². The number of benzene rings is 1. The van der Waals surface area contributed by atoms with Crippen LogP contribution in [0.3, 0.4) is 0 Å². The molecule has 0 spiro atoms. The monoisotopic (exact) mass is 237 g/mol. The lowest BCUT2D eigenvalue weighted by Gasteiger charge is -2.11. The molecule has 1 fully saturated rings. The Morgan fingerprint density at radius 1 is 1.21 bits per heavy atom. The zero-order valence-electron chi connectivity index (χ0n) is 7.03. The lowest BCUT2D eigenvalue weighted by atomic mass is 10.1. The average Bonchev–Trinajstić information content (AvgIpc) is 2.58. The van der Waals surface area contributed by atoms with Crippen LogP contribution in [-0.2, 0) is 5.54 Å². The second-order valence-corrected chi connectivity index (χ2v) is 4.30. The van der Waals surface area contributed by atoms with Crippen LogP contribution < -0.4 is 5.73 Å². The summed E-state index contributed by atoms with van der Waals surface area (Å²) in [7, 11) is 0. The summed E-state index contributed by atoms with van der Waals surface area (Å²) in [5.41, 5.74) is 4.29. The fourth-order valence-corrected chi connectivity index (χ4v) is 1.69. The van der Waals surface area contributed by atoms with Gasteiger partial charge >= 0.3 is 0 Å². The number of rotatable bonds is 1. The molecular formula is C9H7Cl2F2N. The Balaban J connectivity index is 2.40. The van der Waals surface area contributed by atoms with Gasteiger partial charge in [-0.1, -0.05) is 29.3 Å². The second kappa shape index (κ2) is 2.81. The van der Waals surface area contributed by atoms with E-state index in [0.29, 0.717) is 10.6 Å². The van der Waals surface area contributed by atoms with Crippen molar-refractivity contribution >= 4 is 23.2 Å². The van der Waals surface area contributed by atoms with E-state index in [4.69, 9.17) is 28.9 Å². The molecule has 0 bridgehead atoms. The van der Waals surface area contributed by atoms with Crippen LogP contribution >= 0.6 is 23.2 Å². The van der Waals surface area contributed by atoms with Crippen LogP contribution in [0.4, 0.5) is 8.78 Å². The number of nitrogens with two attached hydrogens (primary N) is 1. The number of hydrogen-bond donors (Lipinski definition) is 1. The van der Waals surface area contributed by atoms with Gasteiger partial charge in [0.25, 0.3) is 5.92 Å². The van der Waals surface area contributed by atoms with E-state index in [0.717, 1.165) is 0 Å². The summed E-state index contributed by atoms with van der Waals surface area (Å²) in [5.74, 6) is -2.83. The molecule has 0 radical (unpaired) electrons. The Morgan fingerprint density at radius 3 is 2.21 bits per heavy atom. The van der Waals surface area contributed by atoms with Crippen molar-refractivity contribution in [1.82, 2.24) is 0 Å². The fraction of sp³-hybridized carbons (Fsp3) is 0.333. The molecule has 0 amide bonds. The number of halogens is 4. The first kappa shape index (κ1) is 10.1. The summed E-state index contributed by atoms with van der Waals surface area (Å²) >= 11 is 11.4. The SMILES string of the molecule is NC1(c2ccc(Cl)c(Cl)c2)CC1(F)F. The van der Waals surface area contributed by atoms with E-state index in [2.05, 4.69) is 0 Å². The molecule has 14 heavy (non-hydrogen) atoms. The Kier molecular flexibility index (Phi) is 2.04. The number of hydrogen-bond acceptors (Lipinski definition) is 1. The molecule has 1 aliphatic carbocycles. The van der Waals surface area contributed by atoms with Gasteiger partial charge in [0.1, 0.15) is 5.54 Å². The van der Waals surface area contributed by atoms with Crippen molar-refractivity contribution in [3.63, 3.8) is 0 Å². The van der Waals surface area contributed by atoms with Gasteiger partial charge in [-0.2, -0.15) is 0 Å². The van der Waals surface area contributed by atoms with Crippen LogP contribution in [0, 0.1) is 0 Å². The molecule has 1 atom stereocenters. The molecule has 1 nitrogen and oxygen atoms in total. The van der Waals surface area contributed by atoms with Crippen LogP contribution in [0.2, 0.25) is 10.0 Å². The van der Waals surface area contributed by atoms with Crippen LogP contribution in [0.5, 0.6) is 0 Å². The number of alkyl halides is 2. The molecule has 1 saturated carbocycles. The first-order valence-electron chi connectivity index (χ1n) is 3.99. The molecule has 1 aromatic carbocycles. The van der Waals surface area contributed by atoms with Crippen molar-refractivity contribution in [3.8, 4) is 0 Å². The van der Waals surface area contributed by atoms with Crippen LogP contribution in [0.15, 0.2) is 18.2 Å². The molecule has 0 aromatic heterocycles. The summed E-state index contributed by atoms with van der Waals surface area (Å²) < 4.78 is 25.8. The summed E-state index contributed by atoms with van der Waals surface area (Å²) in [5, 5.41) is 0.583. The largest absolute Gasteiger partial charge is 0.316 e. The molecule has 5 heteroatoms. The molecule has 0 heterocycles. The summed E-state index contributed by atoms with van der Waals surface area (Å²) in [4.78, 5) is 0. The highest BCUT2D eigenvalue weighted by Gasteiger charge is 2.69. The summed E-state index contributed by atoms with van der Waals surface area (Å²) in [6.07, 6.45) is -0.335. The Hall–Kier alpha value is -0.380. The van der Waals surface area contributed by atoms with Gasteiger partial charge in [0, 0.05) is 6.42 Å². The maximum absolute atomic E-state index is 12.9. The van der Waals surface area contributed by atoms with Crippen molar-refractivity contribution in [3.05, 3.63) is 33.8 Å². The average molecular weight is 238 g/mol. The van der Waals surface area contributed by atoms with Gasteiger partial charge in [0.15, 0.2) is 0 Å². The van der Waals surface area contributed by atoms with Gasteiger partial charge in [-0.3, -0.25) is 0 Å². The predicted octanol–water partition coefficient (Wildman–Crippen LogP) is 3.19. The minimum atomic E-state index is -2.83. The molecule has 0 saturated heterocycles. The maximum atomic E-state index is 12.9. The van der Waals surface area contributed by atoms with Crippen LogP contribution in [-0.4, -0.2) is 5.92 Å². The van der Waals surface area contributed by atoms with Gasteiger partial charge < -0.3 is 5.73 Å². The van der Waals surface area contributed by atoms with E-state index in [1.807, 2.05) is 0 Å². The quantitative estimate of drug-likeness (QED) is 0.798. The van der Waals surface area contributed by atoms with E-state index < -0.39 is 11.5 Å². The van der Waals surface area contributed by atoms with Crippen molar-refractivity contribution < 1.29 is 8.78 Å². The van der Waals surface area contributed by atoms with Gasteiger partial charge in [0.2, 0.25) is 0 Å². The zero-order valence-corrected chi connectivity index (χ0v) is 8.54. The van der Waals surface area contributed by atoms with E-state index in [1.165, 1.54) is 18.2 Å². The standard InChI is InChI=1S/C9H7Cl2F2N/c10-6-2-1-5(3-7(6)11)8(14)4-9(8,12)13/h1-3H,4,14H2. The molecular weight excluding hydrogens is 231 g/mol. The zero-order chi connectivity index (χ0) is 10.6. The first-order valence-corrected chi connectivity index (χ1v) is 4.75. The van der Waals surface area contributed by atoms with Gasteiger partial charge in [-0.05, 0) is 17.7 Å². The molecule has 0 aliphatic heterocycles. The topological polar surface area (TPSA) is 26.0 Å². The predicted molar refractivity (Wildman–Crippen MR) is 51.9 cm³/mol. The Labute approximate surface area is 89.8 Å². The summed E-state index contributed by atoms with van der Waals surface area (Å²) in [6, 6.07) is 4.35. The van der Waals surface area contributed by atoms with Gasteiger partial charge in [0.05, 0.1) is 10.0 Å². The first-order chi connectivity index (χ1) is 6.37.